The normalized spacial score (nSPS) is 12.3. The lowest BCUT2D eigenvalue weighted by Gasteiger charge is -2.13. The second kappa shape index (κ2) is 8.94. The Morgan fingerprint density at radius 2 is 1.82 bits per heavy atom. The molecule has 3 aromatic heterocycles. The number of nitrogens with two attached hydrogens (primary N) is 1. The Balaban J connectivity index is 1.89. The smallest absolute Gasteiger partial charge is 0.418 e. The number of aromatic nitrogens is 4. The van der Waals surface area contributed by atoms with Gasteiger partial charge in [-0.2, -0.15) is 13.2 Å². The van der Waals surface area contributed by atoms with E-state index in [9.17, 15) is 27.2 Å². The fourth-order valence-electron chi connectivity index (χ4n) is 3.19. The molecule has 0 aliphatic carbocycles. The van der Waals surface area contributed by atoms with E-state index in [1.807, 2.05) is 0 Å². The van der Waals surface area contributed by atoms with E-state index < -0.39 is 23.6 Å². The number of hydrogen-bond acceptors (Lipinski definition) is 7. The number of ether oxygens (including phenoxy) is 1. The molecule has 0 saturated carbocycles. The molecule has 0 fully saturated rings. The maximum Gasteiger partial charge on any atom is 0.491 e. The number of carbonyl (C=O) groups is 1. The molecular formula is C21H15F4N5O4. The van der Waals surface area contributed by atoms with E-state index in [4.69, 9.17) is 10.3 Å². The van der Waals surface area contributed by atoms with E-state index in [1.165, 1.54) is 24.5 Å². The van der Waals surface area contributed by atoms with Crippen molar-refractivity contribution in [1.29, 1.82) is 0 Å². The summed E-state index contributed by atoms with van der Waals surface area (Å²) in [5.74, 6) is -2.98. The number of benzene rings is 1. The highest BCUT2D eigenvalue weighted by Gasteiger charge is 2.42. The lowest BCUT2D eigenvalue weighted by molar-refractivity contribution is -0.189. The SMILES string of the molecule is NC/C(=C\F)Cn1nc2ccc(OC(=O)C(F)(F)F)c(-c3ccc(-c4ccon4)cc3)n2c1=O. The van der Waals surface area contributed by atoms with Crippen LogP contribution >= 0.6 is 0 Å². The third-order valence-electron chi connectivity index (χ3n) is 4.80. The van der Waals surface area contributed by atoms with Crippen LogP contribution in [0, 0.1) is 0 Å². The van der Waals surface area contributed by atoms with Crippen molar-refractivity contribution in [1.82, 2.24) is 19.3 Å². The van der Waals surface area contributed by atoms with E-state index >= 15 is 0 Å². The summed E-state index contributed by atoms with van der Waals surface area (Å²) >= 11 is 0. The standard InChI is InChI=1S/C21H15F4N5O4/c22-9-12(10-26)11-29-20(32)30-17(27-29)6-5-16(34-19(31)21(23,24)25)18(30)14-3-1-13(2-4-14)15-7-8-33-28-15/h1-9H,10-11,26H2/b12-9+. The van der Waals surface area contributed by atoms with Crippen LogP contribution in [-0.2, 0) is 11.3 Å². The van der Waals surface area contributed by atoms with E-state index in [2.05, 4.69) is 15.0 Å². The summed E-state index contributed by atoms with van der Waals surface area (Å²) in [5, 5.41) is 7.88. The van der Waals surface area contributed by atoms with Gasteiger partial charge in [0, 0.05) is 23.7 Å². The Morgan fingerprint density at radius 3 is 2.41 bits per heavy atom. The average molecular weight is 477 g/mol. The number of alkyl halides is 3. The van der Waals surface area contributed by atoms with E-state index in [-0.39, 0.29) is 41.9 Å². The summed E-state index contributed by atoms with van der Waals surface area (Å²) in [7, 11) is 0. The van der Waals surface area contributed by atoms with E-state index in [1.54, 1.807) is 18.2 Å². The summed E-state index contributed by atoms with van der Waals surface area (Å²) in [6.45, 7) is -0.461. The minimum atomic E-state index is -5.26. The summed E-state index contributed by atoms with van der Waals surface area (Å²) in [6, 6.07) is 10.1. The zero-order valence-corrected chi connectivity index (χ0v) is 17.1. The highest BCUT2D eigenvalue weighted by molar-refractivity contribution is 5.81. The molecule has 34 heavy (non-hydrogen) atoms. The minimum absolute atomic E-state index is 0.0302. The molecule has 0 aliphatic heterocycles. The molecule has 0 spiro atoms. The van der Waals surface area contributed by atoms with Gasteiger partial charge in [-0.3, -0.25) is 0 Å². The van der Waals surface area contributed by atoms with Crippen molar-refractivity contribution in [3.05, 3.63) is 71.1 Å². The van der Waals surface area contributed by atoms with Crippen LogP contribution in [-0.4, -0.2) is 38.0 Å². The van der Waals surface area contributed by atoms with Gasteiger partial charge in [0.25, 0.3) is 0 Å². The van der Waals surface area contributed by atoms with E-state index in [0.29, 0.717) is 11.3 Å². The lowest BCUT2D eigenvalue weighted by Crippen LogP contribution is -2.29. The first-order valence-corrected chi connectivity index (χ1v) is 9.64. The molecule has 0 unspecified atom stereocenters. The van der Waals surface area contributed by atoms with Gasteiger partial charge in [0.05, 0.1) is 12.9 Å². The number of carbonyl (C=O) groups excluding carboxylic acids is 1. The molecule has 2 N–H and O–H groups in total. The molecule has 1 aromatic carbocycles. The maximum absolute atomic E-state index is 13.1. The Kier molecular flexibility index (Phi) is 6.03. The highest BCUT2D eigenvalue weighted by Crippen LogP contribution is 2.33. The number of fused-ring (bicyclic) bond motifs is 1. The number of rotatable bonds is 6. The predicted molar refractivity (Wildman–Crippen MR) is 110 cm³/mol. The second-order valence-electron chi connectivity index (χ2n) is 7.00. The van der Waals surface area contributed by atoms with Gasteiger partial charge in [0.1, 0.15) is 17.7 Å². The molecule has 0 bridgehead atoms. The number of pyridine rings is 1. The van der Waals surface area contributed by atoms with Crippen molar-refractivity contribution < 1.29 is 31.6 Å². The fraction of sp³-hybridized carbons (Fsp3) is 0.143. The molecule has 13 heteroatoms. The zero-order chi connectivity index (χ0) is 24.5. The Hall–Kier alpha value is -4.26. The Bertz CT molecular complexity index is 1420. The molecule has 4 rings (SSSR count). The topological polar surface area (TPSA) is 118 Å². The molecular weight excluding hydrogens is 462 g/mol. The monoisotopic (exact) mass is 477 g/mol. The summed E-state index contributed by atoms with van der Waals surface area (Å²) in [6.07, 6.45) is -3.65. The van der Waals surface area contributed by atoms with Crippen LogP contribution < -0.4 is 16.2 Å². The third-order valence-corrected chi connectivity index (χ3v) is 4.80. The van der Waals surface area contributed by atoms with Gasteiger partial charge in [-0.15, -0.1) is 5.10 Å². The molecule has 0 saturated heterocycles. The van der Waals surface area contributed by atoms with Gasteiger partial charge in [-0.1, -0.05) is 29.4 Å². The third kappa shape index (κ3) is 4.32. The number of hydrogen-bond donors (Lipinski definition) is 1. The lowest BCUT2D eigenvalue weighted by atomic mass is 10.1. The molecule has 4 aromatic rings. The van der Waals surface area contributed by atoms with Crippen LogP contribution in [0.1, 0.15) is 0 Å². The van der Waals surface area contributed by atoms with Crippen molar-refractivity contribution in [3.8, 4) is 28.3 Å². The first-order valence-electron chi connectivity index (χ1n) is 9.64. The van der Waals surface area contributed by atoms with E-state index in [0.717, 1.165) is 15.1 Å². The van der Waals surface area contributed by atoms with Crippen LogP contribution in [0.5, 0.6) is 5.75 Å². The maximum atomic E-state index is 13.1. The average Bonchev–Trinajstić information content (AvgIpc) is 3.46. The fourth-order valence-corrected chi connectivity index (χ4v) is 3.19. The largest absolute Gasteiger partial charge is 0.491 e. The van der Waals surface area contributed by atoms with Crippen molar-refractivity contribution >= 4 is 11.6 Å². The molecule has 0 amide bonds. The molecule has 0 radical (unpaired) electrons. The molecule has 9 nitrogen and oxygen atoms in total. The Labute approximate surface area is 187 Å². The van der Waals surface area contributed by atoms with Gasteiger partial charge in [0.2, 0.25) is 0 Å². The van der Waals surface area contributed by atoms with Gasteiger partial charge in [0.15, 0.2) is 11.4 Å². The van der Waals surface area contributed by atoms with Gasteiger partial charge in [-0.25, -0.2) is 23.1 Å². The van der Waals surface area contributed by atoms with Crippen molar-refractivity contribution in [3.63, 3.8) is 0 Å². The number of nitrogens with zero attached hydrogens (tertiary/aromatic N) is 4. The number of esters is 1. The zero-order valence-electron chi connectivity index (χ0n) is 17.1. The highest BCUT2D eigenvalue weighted by atomic mass is 19.4. The van der Waals surface area contributed by atoms with Gasteiger partial charge in [-0.05, 0) is 17.7 Å². The number of halogens is 4. The molecule has 0 atom stereocenters. The van der Waals surface area contributed by atoms with Crippen LogP contribution in [0.4, 0.5) is 17.6 Å². The summed E-state index contributed by atoms with van der Waals surface area (Å²) < 4.78 is 62.8. The second-order valence-corrected chi connectivity index (χ2v) is 7.00. The Morgan fingerprint density at radius 1 is 1.12 bits per heavy atom. The first kappa shape index (κ1) is 22.9. The summed E-state index contributed by atoms with van der Waals surface area (Å²) in [4.78, 5) is 24.6. The van der Waals surface area contributed by atoms with Crippen molar-refractivity contribution in [2.45, 2.75) is 12.7 Å². The first-order chi connectivity index (χ1) is 16.2. The molecule has 3 heterocycles. The summed E-state index contributed by atoms with van der Waals surface area (Å²) in [5.41, 5.74) is 5.94. The molecule has 0 aliphatic rings. The van der Waals surface area contributed by atoms with Crippen LogP contribution in [0.2, 0.25) is 0 Å². The van der Waals surface area contributed by atoms with Crippen LogP contribution in [0.25, 0.3) is 28.2 Å². The minimum Gasteiger partial charge on any atom is -0.418 e. The quantitative estimate of drug-likeness (QED) is 0.335. The van der Waals surface area contributed by atoms with Crippen LogP contribution in [0.3, 0.4) is 0 Å². The van der Waals surface area contributed by atoms with Crippen LogP contribution in [0.15, 0.2) is 69.9 Å². The predicted octanol–water partition coefficient (Wildman–Crippen LogP) is 3.10. The molecule has 176 valence electrons. The van der Waals surface area contributed by atoms with Gasteiger partial charge < -0.3 is 15.0 Å². The van der Waals surface area contributed by atoms with Crippen molar-refractivity contribution in [2.24, 2.45) is 5.73 Å². The van der Waals surface area contributed by atoms with Crippen molar-refractivity contribution in [2.75, 3.05) is 6.54 Å². The van der Waals surface area contributed by atoms with Gasteiger partial charge >= 0.3 is 17.8 Å².